The van der Waals surface area contributed by atoms with Crippen molar-refractivity contribution >= 4 is 12.4 Å². The predicted molar refractivity (Wildman–Crippen MR) is 55.7 cm³/mol. The van der Waals surface area contributed by atoms with Crippen LogP contribution in [0, 0.1) is 28.5 Å². The number of benzene rings is 1. The van der Waals surface area contributed by atoms with Crippen LogP contribution in [0.1, 0.15) is 11.1 Å². The van der Waals surface area contributed by atoms with Gasteiger partial charge >= 0.3 is 0 Å². The maximum Gasteiger partial charge on any atom is 0.127 e. The summed E-state index contributed by atoms with van der Waals surface area (Å²) in [5.41, 5.74) is 5.97. The Labute approximate surface area is 93.3 Å². The van der Waals surface area contributed by atoms with Crippen LogP contribution in [0.5, 0.6) is 0 Å². The van der Waals surface area contributed by atoms with Crippen LogP contribution in [0.15, 0.2) is 18.2 Å². The summed E-state index contributed by atoms with van der Waals surface area (Å²) in [7, 11) is 0. The van der Waals surface area contributed by atoms with Crippen molar-refractivity contribution in [1.29, 1.82) is 10.5 Å². The second kappa shape index (κ2) is 5.98. The van der Waals surface area contributed by atoms with Crippen molar-refractivity contribution in [3.63, 3.8) is 0 Å². The van der Waals surface area contributed by atoms with Crippen molar-refractivity contribution in [2.45, 2.75) is 12.5 Å². The summed E-state index contributed by atoms with van der Waals surface area (Å²) >= 11 is 0. The molecule has 0 unspecified atom stereocenters. The molecular formula is C10H9ClFN3. The lowest BCUT2D eigenvalue weighted by Crippen LogP contribution is -2.20. The van der Waals surface area contributed by atoms with Crippen LogP contribution in [0.4, 0.5) is 4.39 Å². The van der Waals surface area contributed by atoms with E-state index < -0.39 is 11.9 Å². The quantitative estimate of drug-likeness (QED) is 0.829. The molecule has 0 aliphatic carbocycles. The molecule has 0 radical (unpaired) electrons. The molecular weight excluding hydrogens is 217 g/mol. The van der Waals surface area contributed by atoms with Crippen LogP contribution < -0.4 is 5.73 Å². The number of nitriles is 2. The Hall–Kier alpha value is -1.62. The molecule has 0 aliphatic heterocycles. The Kier molecular flexibility index (Phi) is 5.33. The van der Waals surface area contributed by atoms with Gasteiger partial charge in [-0.2, -0.15) is 10.5 Å². The van der Waals surface area contributed by atoms with E-state index in [0.29, 0.717) is 5.56 Å². The monoisotopic (exact) mass is 225 g/mol. The molecule has 1 aromatic carbocycles. The second-order valence-electron chi connectivity index (χ2n) is 2.86. The molecule has 78 valence electrons. The largest absolute Gasteiger partial charge is 0.316 e. The van der Waals surface area contributed by atoms with Crippen molar-refractivity contribution in [1.82, 2.24) is 0 Å². The van der Waals surface area contributed by atoms with Gasteiger partial charge in [-0.1, -0.05) is 6.07 Å². The first-order valence-electron chi connectivity index (χ1n) is 4.01. The topological polar surface area (TPSA) is 73.6 Å². The average Bonchev–Trinajstić information content (AvgIpc) is 2.20. The first-order chi connectivity index (χ1) is 6.67. The third-order valence-electron chi connectivity index (χ3n) is 1.79. The molecule has 2 N–H and O–H groups in total. The lowest BCUT2D eigenvalue weighted by Gasteiger charge is -2.04. The highest BCUT2D eigenvalue weighted by Crippen LogP contribution is 2.11. The third kappa shape index (κ3) is 3.55. The molecule has 5 heteroatoms. The summed E-state index contributed by atoms with van der Waals surface area (Å²) in [6.07, 6.45) is 0.161. The first kappa shape index (κ1) is 13.4. The Morgan fingerprint density at radius 3 is 2.53 bits per heavy atom. The normalized spacial score (nSPS) is 10.7. The number of hydrogen-bond acceptors (Lipinski definition) is 3. The standard InChI is InChI=1S/C10H8FN3.ClH/c11-10-3-7(5-12)1-2-8(10)4-9(14)6-13;/h1-3,9H,4,14H2;1H/t9-;/m0./s1. The van der Waals surface area contributed by atoms with Crippen LogP contribution in [0.2, 0.25) is 0 Å². The molecule has 0 bridgehead atoms. The van der Waals surface area contributed by atoms with Crippen LogP contribution in [0.3, 0.4) is 0 Å². The number of hydrogen-bond donors (Lipinski definition) is 1. The van der Waals surface area contributed by atoms with Gasteiger partial charge in [0.25, 0.3) is 0 Å². The first-order valence-corrected chi connectivity index (χ1v) is 4.01. The molecule has 1 aromatic rings. The van der Waals surface area contributed by atoms with Crippen LogP contribution in [0.25, 0.3) is 0 Å². The highest BCUT2D eigenvalue weighted by atomic mass is 35.5. The minimum absolute atomic E-state index is 0. The molecule has 0 amide bonds. The van der Waals surface area contributed by atoms with Crippen LogP contribution in [-0.4, -0.2) is 6.04 Å². The fourth-order valence-corrected chi connectivity index (χ4v) is 1.06. The highest BCUT2D eigenvalue weighted by molar-refractivity contribution is 5.85. The van der Waals surface area contributed by atoms with Gasteiger partial charge < -0.3 is 5.73 Å². The van der Waals surface area contributed by atoms with Crippen molar-refractivity contribution < 1.29 is 4.39 Å². The smallest absolute Gasteiger partial charge is 0.127 e. The SMILES string of the molecule is Cl.N#Cc1ccc(C[C@H](N)C#N)c(F)c1. The zero-order valence-electron chi connectivity index (χ0n) is 7.77. The minimum Gasteiger partial charge on any atom is -0.316 e. The molecule has 15 heavy (non-hydrogen) atoms. The fraction of sp³-hybridized carbons (Fsp3) is 0.200. The summed E-state index contributed by atoms with van der Waals surface area (Å²) in [5, 5.41) is 16.9. The van der Waals surface area contributed by atoms with E-state index in [4.69, 9.17) is 16.3 Å². The van der Waals surface area contributed by atoms with Gasteiger partial charge in [0, 0.05) is 6.42 Å². The molecule has 0 saturated carbocycles. The van der Waals surface area contributed by atoms with E-state index in [-0.39, 0.29) is 24.4 Å². The molecule has 1 rings (SSSR count). The summed E-state index contributed by atoms with van der Waals surface area (Å²) in [5.74, 6) is -0.491. The third-order valence-corrected chi connectivity index (χ3v) is 1.79. The second-order valence-corrected chi connectivity index (χ2v) is 2.86. The summed E-state index contributed by atoms with van der Waals surface area (Å²) in [6.45, 7) is 0. The van der Waals surface area contributed by atoms with Crippen LogP contribution in [-0.2, 0) is 6.42 Å². The van der Waals surface area contributed by atoms with Gasteiger partial charge in [0.1, 0.15) is 5.82 Å². The zero-order chi connectivity index (χ0) is 10.6. The van der Waals surface area contributed by atoms with Gasteiger partial charge in [-0.05, 0) is 17.7 Å². The van der Waals surface area contributed by atoms with Gasteiger partial charge in [-0.25, -0.2) is 4.39 Å². The van der Waals surface area contributed by atoms with Gasteiger partial charge in [0.15, 0.2) is 0 Å². The van der Waals surface area contributed by atoms with Gasteiger partial charge in [-0.15, -0.1) is 12.4 Å². The van der Waals surface area contributed by atoms with Crippen LogP contribution >= 0.6 is 12.4 Å². The Morgan fingerprint density at radius 2 is 2.07 bits per heavy atom. The minimum atomic E-state index is -0.711. The maximum absolute atomic E-state index is 13.2. The van der Waals surface area contributed by atoms with Crippen molar-refractivity contribution in [3.8, 4) is 12.1 Å². The number of nitrogens with two attached hydrogens (primary N) is 1. The number of nitrogens with zero attached hydrogens (tertiary/aromatic N) is 2. The van der Waals surface area contributed by atoms with E-state index >= 15 is 0 Å². The molecule has 0 aromatic heterocycles. The predicted octanol–water partition coefficient (Wildman–Crippen LogP) is 1.51. The number of halogens is 2. The van der Waals surface area contributed by atoms with Crippen molar-refractivity contribution in [2.75, 3.05) is 0 Å². The van der Waals surface area contributed by atoms with Crippen molar-refractivity contribution in [2.24, 2.45) is 5.73 Å². The highest BCUT2D eigenvalue weighted by Gasteiger charge is 2.07. The molecule has 0 fully saturated rings. The van der Waals surface area contributed by atoms with E-state index in [0.717, 1.165) is 6.07 Å². The maximum atomic E-state index is 13.2. The zero-order valence-corrected chi connectivity index (χ0v) is 8.59. The Bertz CT molecular complexity index is 420. The molecule has 0 heterocycles. The lowest BCUT2D eigenvalue weighted by molar-refractivity contribution is 0.603. The average molecular weight is 226 g/mol. The van der Waals surface area contributed by atoms with Gasteiger partial charge in [0.2, 0.25) is 0 Å². The Morgan fingerprint density at radius 1 is 1.40 bits per heavy atom. The van der Waals surface area contributed by atoms with Crippen molar-refractivity contribution in [3.05, 3.63) is 35.1 Å². The van der Waals surface area contributed by atoms with Gasteiger partial charge in [0.05, 0.1) is 23.7 Å². The Balaban J connectivity index is 0.00000196. The van der Waals surface area contributed by atoms with E-state index in [2.05, 4.69) is 0 Å². The summed E-state index contributed by atoms with van der Waals surface area (Å²) in [4.78, 5) is 0. The molecule has 0 saturated heterocycles. The molecule has 1 atom stereocenters. The van der Waals surface area contributed by atoms with E-state index in [1.165, 1.54) is 12.1 Å². The van der Waals surface area contributed by atoms with Gasteiger partial charge in [-0.3, -0.25) is 0 Å². The van der Waals surface area contributed by atoms with E-state index in [9.17, 15) is 4.39 Å². The lowest BCUT2D eigenvalue weighted by atomic mass is 10.1. The summed E-state index contributed by atoms with van der Waals surface area (Å²) in [6, 6.07) is 7.05. The molecule has 0 aliphatic rings. The molecule has 3 nitrogen and oxygen atoms in total. The fourth-order valence-electron chi connectivity index (χ4n) is 1.06. The summed E-state index contributed by atoms with van der Waals surface area (Å²) < 4.78 is 13.2. The van der Waals surface area contributed by atoms with E-state index in [1.807, 2.05) is 12.1 Å². The molecule has 0 spiro atoms. The number of rotatable bonds is 2. The van der Waals surface area contributed by atoms with E-state index in [1.54, 1.807) is 0 Å².